The number of amides is 1. The average molecular weight is 188 g/mol. The lowest BCUT2D eigenvalue weighted by atomic mass is 10.4. The average Bonchev–Trinajstić information content (AvgIpc) is 2.05. The third kappa shape index (κ3) is 2.47. The molecule has 0 N–H and O–H groups in total. The first-order valence-corrected chi connectivity index (χ1v) is 3.19. The van der Waals surface area contributed by atoms with Gasteiger partial charge in [-0.05, 0) is 6.07 Å². The van der Waals surface area contributed by atoms with Gasteiger partial charge in [-0.15, -0.1) is 12.4 Å². The number of carbonyl (C=O) groups excluding carboxylic acids is 1. The number of aromatic nitrogens is 2. The fourth-order valence-electron chi connectivity index (χ4n) is 0.646. The van der Waals surface area contributed by atoms with Crippen LogP contribution >= 0.6 is 12.4 Å². The Balaban J connectivity index is 0.00000121. The van der Waals surface area contributed by atoms with Gasteiger partial charge in [-0.25, -0.2) is 9.97 Å². The first kappa shape index (κ1) is 10.8. The second kappa shape index (κ2) is 4.66. The Hall–Kier alpha value is -1.16. The van der Waals surface area contributed by atoms with Crippen LogP contribution in [0.2, 0.25) is 0 Å². The highest BCUT2D eigenvalue weighted by Gasteiger charge is 2.06. The van der Waals surface area contributed by atoms with Crippen molar-refractivity contribution in [2.45, 2.75) is 0 Å². The van der Waals surface area contributed by atoms with Crippen molar-refractivity contribution in [2.75, 3.05) is 14.1 Å². The van der Waals surface area contributed by atoms with E-state index < -0.39 is 0 Å². The van der Waals surface area contributed by atoms with Crippen LogP contribution in [0.3, 0.4) is 0 Å². The molecule has 4 nitrogen and oxygen atoms in total. The predicted molar refractivity (Wildman–Crippen MR) is 47.3 cm³/mol. The zero-order chi connectivity index (χ0) is 8.27. The first-order chi connectivity index (χ1) is 5.22. The van der Waals surface area contributed by atoms with Gasteiger partial charge in [0.2, 0.25) is 0 Å². The molecule has 5 heteroatoms. The summed E-state index contributed by atoms with van der Waals surface area (Å²) in [4.78, 5) is 20.2. The fourth-order valence-corrected chi connectivity index (χ4v) is 0.646. The molecule has 0 atom stereocenters. The SMILES string of the molecule is CN(C)C(=O)c1ccncn1.Cl. The molecule has 1 rings (SSSR count). The maximum absolute atomic E-state index is 11.2. The second-order valence-corrected chi connectivity index (χ2v) is 2.29. The van der Waals surface area contributed by atoms with Gasteiger partial charge in [-0.1, -0.05) is 0 Å². The van der Waals surface area contributed by atoms with E-state index >= 15 is 0 Å². The number of hydrogen-bond acceptors (Lipinski definition) is 3. The van der Waals surface area contributed by atoms with Crippen molar-refractivity contribution in [3.8, 4) is 0 Å². The van der Waals surface area contributed by atoms with Crippen LogP contribution in [0.15, 0.2) is 18.6 Å². The third-order valence-electron chi connectivity index (χ3n) is 1.21. The van der Waals surface area contributed by atoms with Crippen LogP contribution in [-0.2, 0) is 0 Å². The smallest absolute Gasteiger partial charge is 0.272 e. The first-order valence-electron chi connectivity index (χ1n) is 3.19. The van der Waals surface area contributed by atoms with Crippen LogP contribution in [0.4, 0.5) is 0 Å². The van der Waals surface area contributed by atoms with Crippen molar-refractivity contribution in [1.29, 1.82) is 0 Å². The van der Waals surface area contributed by atoms with E-state index in [9.17, 15) is 4.79 Å². The van der Waals surface area contributed by atoms with Crippen LogP contribution in [0.25, 0.3) is 0 Å². The Bertz CT molecular complexity index is 250. The summed E-state index contributed by atoms with van der Waals surface area (Å²) in [5, 5.41) is 0. The minimum Gasteiger partial charge on any atom is -0.343 e. The van der Waals surface area contributed by atoms with Gasteiger partial charge in [0.05, 0.1) is 0 Å². The van der Waals surface area contributed by atoms with Gasteiger partial charge in [0.1, 0.15) is 12.0 Å². The van der Waals surface area contributed by atoms with Gasteiger partial charge >= 0.3 is 0 Å². The van der Waals surface area contributed by atoms with E-state index in [4.69, 9.17) is 0 Å². The van der Waals surface area contributed by atoms with E-state index in [1.54, 1.807) is 26.4 Å². The molecular formula is C7H10ClN3O. The Labute approximate surface area is 77.0 Å². The minimum atomic E-state index is -0.104. The molecule has 0 aliphatic heterocycles. The molecule has 0 aromatic carbocycles. The molecule has 1 aromatic rings. The molecule has 1 aromatic heterocycles. The highest BCUT2D eigenvalue weighted by Crippen LogP contribution is 1.94. The molecule has 0 spiro atoms. The van der Waals surface area contributed by atoms with E-state index in [-0.39, 0.29) is 18.3 Å². The van der Waals surface area contributed by atoms with Crippen LogP contribution in [-0.4, -0.2) is 34.9 Å². The van der Waals surface area contributed by atoms with Gasteiger partial charge < -0.3 is 4.90 Å². The largest absolute Gasteiger partial charge is 0.343 e. The summed E-state index contributed by atoms with van der Waals surface area (Å²) in [7, 11) is 3.37. The van der Waals surface area contributed by atoms with Crippen LogP contribution in [0.1, 0.15) is 10.5 Å². The fraction of sp³-hybridized carbons (Fsp3) is 0.286. The quantitative estimate of drug-likeness (QED) is 0.647. The van der Waals surface area contributed by atoms with Crippen LogP contribution in [0.5, 0.6) is 0 Å². The number of rotatable bonds is 1. The van der Waals surface area contributed by atoms with Crippen LogP contribution in [0, 0.1) is 0 Å². The van der Waals surface area contributed by atoms with E-state index in [0.29, 0.717) is 5.69 Å². The van der Waals surface area contributed by atoms with Gasteiger partial charge in [0.15, 0.2) is 0 Å². The summed E-state index contributed by atoms with van der Waals surface area (Å²) < 4.78 is 0. The maximum atomic E-state index is 11.2. The number of nitrogens with zero attached hydrogens (tertiary/aromatic N) is 3. The molecule has 0 radical (unpaired) electrons. The molecular weight excluding hydrogens is 178 g/mol. The monoisotopic (exact) mass is 187 g/mol. The molecule has 1 heterocycles. The Kier molecular flexibility index (Phi) is 4.21. The third-order valence-corrected chi connectivity index (χ3v) is 1.21. The molecule has 0 fully saturated rings. The van der Waals surface area contributed by atoms with E-state index in [0.717, 1.165) is 0 Å². The lowest BCUT2D eigenvalue weighted by Gasteiger charge is -2.07. The Morgan fingerprint density at radius 3 is 2.58 bits per heavy atom. The lowest BCUT2D eigenvalue weighted by molar-refractivity contribution is 0.0822. The molecule has 0 unspecified atom stereocenters. The van der Waals surface area contributed by atoms with Crippen molar-refractivity contribution in [1.82, 2.24) is 14.9 Å². The molecule has 0 aliphatic carbocycles. The number of carbonyl (C=O) groups is 1. The molecule has 0 saturated heterocycles. The van der Waals surface area contributed by atoms with Gasteiger partial charge in [0, 0.05) is 20.3 Å². The summed E-state index contributed by atoms with van der Waals surface area (Å²) in [6.07, 6.45) is 2.90. The lowest BCUT2D eigenvalue weighted by Crippen LogP contribution is -2.22. The summed E-state index contributed by atoms with van der Waals surface area (Å²) in [5.74, 6) is -0.104. The van der Waals surface area contributed by atoms with Crippen molar-refractivity contribution < 1.29 is 4.79 Å². The van der Waals surface area contributed by atoms with Crippen molar-refractivity contribution in [3.63, 3.8) is 0 Å². The highest BCUT2D eigenvalue weighted by atomic mass is 35.5. The summed E-state index contributed by atoms with van der Waals surface area (Å²) in [6.45, 7) is 0. The van der Waals surface area contributed by atoms with E-state index in [1.807, 2.05) is 0 Å². The molecule has 1 amide bonds. The zero-order valence-corrected chi connectivity index (χ0v) is 7.71. The Morgan fingerprint density at radius 2 is 2.17 bits per heavy atom. The normalized spacial score (nSPS) is 8.50. The van der Waals surface area contributed by atoms with Crippen molar-refractivity contribution in [3.05, 3.63) is 24.3 Å². The van der Waals surface area contributed by atoms with Gasteiger partial charge in [0.25, 0.3) is 5.91 Å². The van der Waals surface area contributed by atoms with Crippen molar-refractivity contribution in [2.24, 2.45) is 0 Å². The summed E-state index contributed by atoms with van der Waals surface area (Å²) in [6, 6.07) is 1.59. The van der Waals surface area contributed by atoms with E-state index in [1.165, 1.54) is 11.2 Å². The minimum absolute atomic E-state index is 0. The molecule has 0 bridgehead atoms. The zero-order valence-electron chi connectivity index (χ0n) is 6.89. The molecule has 0 aliphatic rings. The highest BCUT2D eigenvalue weighted by molar-refractivity contribution is 5.91. The standard InChI is InChI=1S/C7H9N3O.ClH/c1-10(2)7(11)6-3-4-8-5-9-6;/h3-5H,1-2H3;1H. The maximum Gasteiger partial charge on any atom is 0.272 e. The van der Waals surface area contributed by atoms with Gasteiger partial charge in [-0.3, -0.25) is 4.79 Å². The second-order valence-electron chi connectivity index (χ2n) is 2.29. The van der Waals surface area contributed by atoms with Crippen LogP contribution < -0.4 is 0 Å². The van der Waals surface area contributed by atoms with E-state index in [2.05, 4.69) is 9.97 Å². The topological polar surface area (TPSA) is 46.1 Å². The Morgan fingerprint density at radius 1 is 1.50 bits per heavy atom. The number of hydrogen-bond donors (Lipinski definition) is 0. The van der Waals surface area contributed by atoms with Gasteiger partial charge in [-0.2, -0.15) is 0 Å². The summed E-state index contributed by atoms with van der Waals surface area (Å²) in [5.41, 5.74) is 0.421. The molecule has 0 saturated carbocycles. The number of halogens is 1. The predicted octanol–water partition coefficient (Wildman–Crippen LogP) is 0.600. The van der Waals surface area contributed by atoms with Crippen molar-refractivity contribution >= 4 is 18.3 Å². The molecule has 66 valence electrons. The molecule has 12 heavy (non-hydrogen) atoms. The summed E-state index contributed by atoms with van der Waals surface area (Å²) >= 11 is 0.